The molecule has 1 amide bonds. The zero-order chi connectivity index (χ0) is 15.8. The number of hydrogen-bond acceptors (Lipinski definition) is 3. The quantitative estimate of drug-likeness (QED) is 0.800. The van der Waals surface area contributed by atoms with Crippen molar-refractivity contribution in [2.75, 3.05) is 6.54 Å². The van der Waals surface area contributed by atoms with E-state index in [1.54, 1.807) is 20.8 Å². The molecule has 4 nitrogen and oxygen atoms in total. The van der Waals surface area contributed by atoms with Crippen LogP contribution in [0.1, 0.15) is 44.4 Å². The highest BCUT2D eigenvalue weighted by Gasteiger charge is 2.30. The van der Waals surface area contributed by atoms with E-state index in [0.29, 0.717) is 13.0 Å². The molecule has 1 atom stereocenters. The van der Waals surface area contributed by atoms with Crippen molar-refractivity contribution in [3.8, 4) is 0 Å². The van der Waals surface area contributed by atoms with E-state index >= 15 is 0 Å². The standard InChI is InChI=1S/C15H20F2N2O2/c1-15(2,3)21-14(20)19-7-6-12(18)13-9(8-19)10(16)4-5-11(13)17/h4-5,12H,6-8,18H2,1-3H3. The van der Waals surface area contributed by atoms with E-state index in [1.807, 2.05) is 0 Å². The van der Waals surface area contributed by atoms with Crippen molar-refractivity contribution >= 4 is 6.09 Å². The first-order valence-electron chi connectivity index (χ1n) is 6.89. The Morgan fingerprint density at radius 1 is 1.33 bits per heavy atom. The van der Waals surface area contributed by atoms with Crippen molar-refractivity contribution < 1.29 is 18.3 Å². The van der Waals surface area contributed by atoms with Gasteiger partial charge in [0.25, 0.3) is 0 Å². The number of nitrogens with two attached hydrogens (primary N) is 1. The number of amides is 1. The van der Waals surface area contributed by atoms with E-state index in [9.17, 15) is 13.6 Å². The van der Waals surface area contributed by atoms with Crippen LogP contribution in [0.3, 0.4) is 0 Å². The van der Waals surface area contributed by atoms with Gasteiger partial charge in [-0.25, -0.2) is 13.6 Å². The van der Waals surface area contributed by atoms with Crippen LogP contribution in [0.2, 0.25) is 0 Å². The first kappa shape index (κ1) is 15.7. The van der Waals surface area contributed by atoms with Gasteiger partial charge < -0.3 is 15.4 Å². The molecule has 1 aromatic carbocycles. The fourth-order valence-electron chi connectivity index (χ4n) is 2.36. The summed E-state index contributed by atoms with van der Waals surface area (Å²) in [7, 11) is 0. The molecule has 0 aliphatic carbocycles. The van der Waals surface area contributed by atoms with E-state index in [-0.39, 0.29) is 17.7 Å². The summed E-state index contributed by atoms with van der Waals surface area (Å²) in [6.45, 7) is 5.51. The molecule has 0 spiro atoms. The molecule has 0 radical (unpaired) electrons. The molecule has 2 N–H and O–H groups in total. The Kier molecular flexibility index (Phi) is 4.18. The second-order valence-electron chi connectivity index (χ2n) is 6.22. The van der Waals surface area contributed by atoms with E-state index in [4.69, 9.17) is 10.5 Å². The van der Waals surface area contributed by atoms with Gasteiger partial charge in [-0.15, -0.1) is 0 Å². The van der Waals surface area contributed by atoms with Gasteiger partial charge in [-0.05, 0) is 39.3 Å². The molecular weight excluding hydrogens is 278 g/mol. The molecule has 6 heteroatoms. The molecule has 0 saturated heterocycles. The number of hydrogen-bond donors (Lipinski definition) is 1. The number of fused-ring (bicyclic) bond motifs is 1. The van der Waals surface area contributed by atoms with Gasteiger partial charge in [0.1, 0.15) is 17.2 Å². The van der Waals surface area contributed by atoms with Crippen molar-refractivity contribution in [3.05, 3.63) is 34.9 Å². The maximum absolute atomic E-state index is 14.0. The summed E-state index contributed by atoms with van der Waals surface area (Å²) in [5.41, 5.74) is 5.56. The molecule has 0 fully saturated rings. The van der Waals surface area contributed by atoms with Gasteiger partial charge in [-0.2, -0.15) is 0 Å². The third kappa shape index (κ3) is 3.50. The molecule has 0 bridgehead atoms. The molecule has 0 saturated carbocycles. The van der Waals surface area contributed by atoms with E-state index in [1.165, 1.54) is 4.90 Å². The largest absolute Gasteiger partial charge is 0.444 e. The highest BCUT2D eigenvalue weighted by atomic mass is 19.1. The lowest BCUT2D eigenvalue weighted by Crippen LogP contribution is -2.36. The fourth-order valence-corrected chi connectivity index (χ4v) is 2.36. The van der Waals surface area contributed by atoms with Crippen LogP contribution in [-0.2, 0) is 11.3 Å². The molecular formula is C15H20F2N2O2. The SMILES string of the molecule is CC(C)(C)OC(=O)N1CCC(N)c2c(F)ccc(F)c2C1. The second kappa shape index (κ2) is 5.60. The number of carbonyl (C=O) groups excluding carboxylic acids is 1. The first-order valence-corrected chi connectivity index (χ1v) is 6.89. The molecule has 1 aliphatic rings. The zero-order valence-electron chi connectivity index (χ0n) is 12.5. The van der Waals surface area contributed by atoms with Crippen LogP contribution in [0, 0.1) is 11.6 Å². The Morgan fingerprint density at radius 3 is 2.57 bits per heavy atom. The molecule has 1 heterocycles. The molecule has 1 aliphatic heterocycles. The van der Waals surface area contributed by atoms with Gasteiger partial charge in [0.15, 0.2) is 0 Å². The Labute approximate surface area is 122 Å². The molecule has 21 heavy (non-hydrogen) atoms. The third-order valence-corrected chi connectivity index (χ3v) is 3.33. The Bertz CT molecular complexity index is 555. The topological polar surface area (TPSA) is 55.6 Å². The fraction of sp³-hybridized carbons (Fsp3) is 0.533. The Hall–Kier alpha value is -1.69. The number of ether oxygens (including phenoxy) is 1. The van der Waals surface area contributed by atoms with Crippen molar-refractivity contribution in [1.82, 2.24) is 4.90 Å². The smallest absolute Gasteiger partial charge is 0.410 e. The maximum Gasteiger partial charge on any atom is 0.410 e. The summed E-state index contributed by atoms with van der Waals surface area (Å²) in [4.78, 5) is 13.5. The normalized spacial score (nSPS) is 19.0. The minimum atomic E-state index is -0.644. The van der Waals surface area contributed by atoms with Crippen molar-refractivity contribution in [1.29, 1.82) is 0 Å². The average molecular weight is 298 g/mol. The van der Waals surface area contributed by atoms with Gasteiger partial charge in [0.2, 0.25) is 0 Å². The van der Waals surface area contributed by atoms with Crippen LogP contribution in [0.25, 0.3) is 0 Å². The summed E-state index contributed by atoms with van der Waals surface area (Å²) in [6.07, 6.45) is -0.196. The number of rotatable bonds is 0. The van der Waals surface area contributed by atoms with Crippen LogP contribution in [0.5, 0.6) is 0 Å². The third-order valence-electron chi connectivity index (χ3n) is 3.33. The van der Waals surface area contributed by atoms with Crippen LogP contribution in [0.15, 0.2) is 12.1 Å². The number of nitrogens with zero attached hydrogens (tertiary/aromatic N) is 1. The molecule has 1 unspecified atom stereocenters. The second-order valence-corrected chi connectivity index (χ2v) is 6.22. The van der Waals surface area contributed by atoms with E-state index in [0.717, 1.165) is 12.1 Å². The van der Waals surface area contributed by atoms with Crippen LogP contribution in [0.4, 0.5) is 13.6 Å². The predicted molar refractivity (Wildman–Crippen MR) is 74.5 cm³/mol. The lowest BCUT2D eigenvalue weighted by Gasteiger charge is -2.26. The maximum atomic E-state index is 14.0. The van der Waals surface area contributed by atoms with Crippen LogP contribution >= 0.6 is 0 Å². The van der Waals surface area contributed by atoms with E-state index in [2.05, 4.69) is 0 Å². The average Bonchev–Trinajstić information content (AvgIpc) is 2.52. The van der Waals surface area contributed by atoms with E-state index < -0.39 is 29.4 Å². The Morgan fingerprint density at radius 2 is 1.95 bits per heavy atom. The van der Waals surface area contributed by atoms with Gasteiger partial charge in [0.05, 0.1) is 6.54 Å². The predicted octanol–water partition coefficient (Wildman–Crippen LogP) is 3.11. The number of carbonyl (C=O) groups is 1. The van der Waals surface area contributed by atoms with Crippen LogP contribution in [-0.4, -0.2) is 23.1 Å². The molecule has 2 rings (SSSR count). The number of benzene rings is 1. The lowest BCUT2D eigenvalue weighted by atomic mass is 9.99. The summed E-state index contributed by atoms with van der Waals surface area (Å²) in [6, 6.07) is 1.49. The van der Waals surface area contributed by atoms with Gasteiger partial charge in [-0.3, -0.25) is 0 Å². The minimum absolute atomic E-state index is 0.0401. The van der Waals surface area contributed by atoms with Crippen molar-refractivity contribution in [3.63, 3.8) is 0 Å². The molecule has 116 valence electrons. The molecule has 1 aromatic rings. The summed E-state index contributed by atoms with van der Waals surface area (Å²) >= 11 is 0. The highest BCUT2D eigenvalue weighted by Crippen LogP contribution is 2.30. The molecule has 0 aromatic heterocycles. The van der Waals surface area contributed by atoms with Crippen molar-refractivity contribution in [2.45, 2.75) is 45.4 Å². The van der Waals surface area contributed by atoms with Crippen LogP contribution < -0.4 is 5.73 Å². The summed E-state index contributed by atoms with van der Waals surface area (Å²) in [5.74, 6) is -1.10. The zero-order valence-corrected chi connectivity index (χ0v) is 12.5. The Balaban J connectivity index is 2.31. The minimum Gasteiger partial charge on any atom is -0.444 e. The van der Waals surface area contributed by atoms with Gasteiger partial charge >= 0.3 is 6.09 Å². The summed E-state index contributed by atoms with van der Waals surface area (Å²) < 4.78 is 33.2. The number of halogens is 2. The monoisotopic (exact) mass is 298 g/mol. The highest BCUT2D eigenvalue weighted by molar-refractivity contribution is 5.68. The van der Waals surface area contributed by atoms with Crippen molar-refractivity contribution in [2.24, 2.45) is 5.73 Å². The lowest BCUT2D eigenvalue weighted by molar-refractivity contribution is 0.0233. The van der Waals surface area contributed by atoms with Gasteiger partial charge in [-0.1, -0.05) is 0 Å². The first-order chi connectivity index (χ1) is 9.69. The van der Waals surface area contributed by atoms with Gasteiger partial charge in [0, 0.05) is 23.7 Å². The summed E-state index contributed by atoms with van der Waals surface area (Å²) in [5, 5.41) is 0.